The Balaban J connectivity index is 0.000000168. The maximum absolute atomic E-state index is 11.6. The highest BCUT2D eigenvalue weighted by atomic mass is 16.5. The molecule has 2 aliphatic heterocycles. The van der Waals surface area contributed by atoms with E-state index in [1.165, 1.54) is 21.7 Å². The molecule has 0 aromatic carbocycles. The number of aliphatic hydroxyl groups is 3. The monoisotopic (exact) mass is 493 g/mol. The number of rotatable bonds is 4. The summed E-state index contributed by atoms with van der Waals surface area (Å²) in [7, 11) is 0. The van der Waals surface area contributed by atoms with E-state index in [4.69, 9.17) is 25.4 Å². The summed E-state index contributed by atoms with van der Waals surface area (Å²) < 4.78 is 13.8. The van der Waals surface area contributed by atoms with E-state index < -0.39 is 29.7 Å². The van der Waals surface area contributed by atoms with Gasteiger partial charge in [-0.1, -0.05) is 0 Å². The molecule has 2 aliphatic rings. The highest BCUT2D eigenvalue weighted by Crippen LogP contribution is 2.30. The summed E-state index contributed by atoms with van der Waals surface area (Å²) >= 11 is 0. The van der Waals surface area contributed by atoms with Crippen LogP contribution in [0.2, 0.25) is 0 Å². The van der Waals surface area contributed by atoms with Gasteiger partial charge in [-0.25, -0.2) is 9.78 Å². The molecule has 0 unspecified atom stereocenters. The first kappa shape index (κ1) is 24.7. The standard InChI is InChI=1S/C10H13N5O4.C10H14N2O4/c11-10-13-8-7(9(18)14-10)12-3-15(8)6-1-4(17)5(2-16)19-6;1-6-4-12(10(15)11-9(6)14)8-3-2-7(5-13)16-8/h3-6,16-17H,1-2H2,(H3,11,13,14,18);4,7-8,13H,2-3,5H2,1H3,(H,11,14,15)/t4-,5+,6+;7-,8+/m00/s1. The van der Waals surface area contributed by atoms with Crippen molar-refractivity contribution >= 4 is 17.1 Å². The zero-order chi connectivity index (χ0) is 25.3. The number of nitrogens with one attached hydrogen (secondary N) is 2. The topological polar surface area (TPSA) is 224 Å². The highest BCUT2D eigenvalue weighted by Gasteiger charge is 2.35. The van der Waals surface area contributed by atoms with Crippen molar-refractivity contribution in [1.82, 2.24) is 29.1 Å². The first-order valence-corrected chi connectivity index (χ1v) is 11.0. The predicted molar refractivity (Wildman–Crippen MR) is 120 cm³/mol. The maximum Gasteiger partial charge on any atom is 0.330 e. The van der Waals surface area contributed by atoms with Gasteiger partial charge >= 0.3 is 5.69 Å². The molecule has 2 saturated heterocycles. The van der Waals surface area contributed by atoms with Crippen LogP contribution in [0, 0.1) is 6.92 Å². The molecule has 0 radical (unpaired) electrons. The Labute approximate surface area is 196 Å². The van der Waals surface area contributed by atoms with E-state index in [-0.39, 0.29) is 54.6 Å². The molecule has 15 heteroatoms. The van der Waals surface area contributed by atoms with Gasteiger partial charge in [0.05, 0.1) is 31.7 Å². The number of ether oxygens (including phenoxy) is 2. The summed E-state index contributed by atoms with van der Waals surface area (Å²) in [4.78, 5) is 46.9. The summed E-state index contributed by atoms with van der Waals surface area (Å²) in [5.41, 5.74) is 5.12. The molecule has 0 amide bonds. The number of aryl methyl sites for hydroxylation is 1. The third-order valence-corrected chi connectivity index (χ3v) is 5.89. The second kappa shape index (κ2) is 10.1. The number of H-pyrrole nitrogens is 2. The van der Waals surface area contributed by atoms with E-state index in [1.54, 1.807) is 6.92 Å². The van der Waals surface area contributed by atoms with Crippen LogP contribution in [0.1, 0.15) is 37.3 Å². The van der Waals surface area contributed by atoms with Crippen LogP contribution in [-0.4, -0.2) is 75.9 Å². The Morgan fingerprint density at radius 1 is 1.09 bits per heavy atom. The number of anilines is 1. The van der Waals surface area contributed by atoms with Gasteiger partial charge in [-0.3, -0.25) is 28.7 Å². The number of aliphatic hydroxyl groups excluding tert-OH is 3. The Hall–Kier alpha value is -3.37. The molecule has 15 nitrogen and oxygen atoms in total. The quantitative estimate of drug-likeness (QED) is 0.230. The molecule has 3 aromatic rings. The normalized spacial score (nSPS) is 26.1. The summed E-state index contributed by atoms with van der Waals surface area (Å²) in [5.74, 6) is -0.0171. The molecule has 0 spiro atoms. The van der Waals surface area contributed by atoms with Crippen molar-refractivity contribution in [2.24, 2.45) is 0 Å². The molecule has 5 atom stereocenters. The van der Waals surface area contributed by atoms with Gasteiger partial charge in [-0.2, -0.15) is 4.98 Å². The lowest BCUT2D eigenvalue weighted by atomic mass is 10.2. The second-order valence-electron chi connectivity index (χ2n) is 8.34. The zero-order valence-electron chi connectivity index (χ0n) is 18.8. The fourth-order valence-corrected chi connectivity index (χ4v) is 4.03. The summed E-state index contributed by atoms with van der Waals surface area (Å²) in [6.07, 6.45) is 1.99. The number of aromatic amines is 2. The molecule has 3 aromatic heterocycles. The van der Waals surface area contributed by atoms with Crippen molar-refractivity contribution in [3.05, 3.63) is 49.3 Å². The molecule has 35 heavy (non-hydrogen) atoms. The number of hydrogen-bond donors (Lipinski definition) is 6. The third kappa shape index (κ3) is 5.03. The minimum atomic E-state index is -0.771. The maximum atomic E-state index is 11.6. The van der Waals surface area contributed by atoms with Crippen molar-refractivity contribution in [2.75, 3.05) is 18.9 Å². The number of nitrogen functional groups attached to an aromatic ring is 1. The van der Waals surface area contributed by atoms with Crippen LogP contribution < -0.4 is 22.5 Å². The van der Waals surface area contributed by atoms with E-state index >= 15 is 0 Å². The van der Waals surface area contributed by atoms with Crippen molar-refractivity contribution in [3.63, 3.8) is 0 Å². The summed E-state index contributed by atoms with van der Waals surface area (Å²) in [6.45, 7) is 1.31. The first-order chi connectivity index (χ1) is 16.7. The molecular formula is C20H27N7O8. The Morgan fingerprint density at radius 2 is 1.86 bits per heavy atom. The Kier molecular flexibility index (Phi) is 7.13. The average molecular weight is 493 g/mol. The smallest absolute Gasteiger partial charge is 0.330 e. The molecule has 2 fully saturated rings. The zero-order valence-corrected chi connectivity index (χ0v) is 18.8. The number of nitrogens with two attached hydrogens (primary N) is 1. The van der Waals surface area contributed by atoms with Crippen molar-refractivity contribution < 1.29 is 24.8 Å². The lowest BCUT2D eigenvalue weighted by Gasteiger charge is -2.14. The van der Waals surface area contributed by atoms with Gasteiger partial charge in [0.2, 0.25) is 5.95 Å². The van der Waals surface area contributed by atoms with Gasteiger partial charge in [0.1, 0.15) is 18.6 Å². The van der Waals surface area contributed by atoms with Gasteiger partial charge < -0.3 is 30.5 Å². The molecular weight excluding hydrogens is 466 g/mol. The number of hydrogen-bond acceptors (Lipinski definition) is 11. The van der Waals surface area contributed by atoms with E-state index in [9.17, 15) is 19.5 Å². The molecule has 5 heterocycles. The van der Waals surface area contributed by atoms with Crippen LogP contribution in [0.15, 0.2) is 26.9 Å². The number of nitrogens with zero attached hydrogens (tertiary/aromatic N) is 4. The minimum Gasteiger partial charge on any atom is -0.394 e. The van der Waals surface area contributed by atoms with Gasteiger partial charge in [-0.15, -0.1) is 0 Å². The molecule has 5 rings (SSSR count). The van der Waals surface area contributed by atoms with E-state index in [0.29, 0.717) is 18.4 Å². The molecule has 0 aliphatic carbocycles. The van der Waals surface area contributed by atoms with Crippen LogP contribution in [0.5, 0.6) is 0 Å². The number of fused-ring (bicyclic) bond motifs is 1. The number of aromatic nitrogens is 6. The third-order valence-electron chi connectivity index (χ3n) is 5.89. The summed E-state index contributed by atoms with van der Waals surface area (Å²) in [6, 6.07) is 0. The van der Waals surface area contributed by atoms with Gasteiger partial charge in [0, 0.05) is 18.2 Å². The Bertz CT molecular complexity index is 1360. The molecule has 0 saturated carbocycles. The largest absolute Gasteiger partial charge is 0.394 e. The fourth-order valence-electron chi connectivity index (χ4n) is 4.03. The van der Waals surface area contributed by atoms with E-state index in [0.717, 1.165) is 0 Å². The van der Waals surface area contributed by atoms with Crippen molar-refractivity contribution in [1.29, 1.82) is 0 Å². The van der Waals surface area contributed by atoms with E-state index in [2.05, 4.69) is 19.9 Å². The fraction of sp³-hybridized carbons (Fsp3) is 0.550. The summed E-state index contributed by atoms with van der Waals surface area (Å²) in [5, 5.41) is 27.7. The van der Waals surface area contributed by atoms with Crippen LogP contribution in [0.3, 0.4) is 0 Å². The Morgan fingerprint density at radius 3 is 2.51 bits per heavy atom. The predicted octanol–water partition coefficient (Wildman–Crippen LogP) is -2.14. The van der Waals surface area contributed by atoms with E-state index in [1.807, 2.05) is 0 Å². The average Bonchev–Trinajstić information content (AvgIpc) is 3.54. The van der Waals surface area contributed by atoms with Crippen LogP contribution >= 0.6 is 0 Å². The van der Waals surface area contributed by atoms with Crippen molar-refractivity contribution in [2.45, 2.75) is 57.0 Å². The molecule has 190 valence electrons. The minimum absolute atomic E-state index is 0.0171. The highest BCUT2D eigenvalue weighted by molar-refractivity contribution is 5.70. The molecule has 0 bridgehead atoms. The van der Waals surface area contributed by atoms with Gasteiger partial charge in [-0.05, 0) is 19.8 Å². The van der Waals surface area contributed by atoms with Crippen LogP contribution in [0.25, 0.3) is 11.2 Å². The first-order valence-electron chi connectivity index (χ1n) is 11.0. The van der Waals surface area contributed by atoms with Crippen molar-refractivity contribution in [3.8, 4) is 0 Å². The van der Waals surface area contributed by atoms with Gasteiger partial charge in [0.25, 0.3) is 11.1 Å². The van der Waals surface area contributed by atoms with Gasteiger partial charge in [0.15, 0.2) is 11.2 Å². The SMILES string of the molecule is Cc1cn([C@H]2CC[C@@H](CO)O2)c(=O)[nH]c1=O.Nc1nc2c(ncn2[C@H]2C[C@H](O)[C@@H](CO)O2)c(=O)[nH]1. The number of imidazole rings is 1. The molecule has 7 N–H and O–H groups in total. The lowest BCUT2D eigenvalue weighted by Crippen LogP contribution is -2.33. The van der Waals surface area contributed by atoms with Crippen LogP contribution in [0.4, 0.5) is 5.95 Å². The lowest BCUT2D eigenvalue weighted by molar-refractivity contribution is -0.0432. The van der Waals surface area contributed by atoms with Crippen LogP contribution in [-0.2, 0) is 9.47 Å². The second-order valence-corrected chi connectivity index (χ2v) is 8.34.